The summed E-state index contributed by atoms with van der Waals surface area (Å²) in [5, 5.41) is 8.66. The highest BCUT2D eigenvalue weighted by Crippen LogP contribution is 2.16. The van der Waals surface area contributed by atoms with E-state index in [0.29, 0.717) is 31.0 Å². The molecule has 2 rings (SSSR count). The second-order valence-corrected chi connectivity index (χ2v) is 7.16. The highest BCUT2D eigenvalue weighted by Gasteiger charge is 2.06. The SMILES string of the molecule is CCCCCCOc1ccc(NC(=O)CNc2ccc(C(=O)NCCOC)cc2)cc1. The standard InChI is InChI=1S/C24H33N3O4/c1-3-4-5-6-16-31-22-13-11-21(12-14-22)27-23(28)18-26-20-9-7-19(8-10-20)24(29)25-15-17-30-2/h7-14,26H,3-6,15-18H2,1-2H3,(H,25,29)(H,27,28). The number of hydrogen-bond acceptors (Lipinski definition) is 5. The van der Waals surface area contributed by atoms with Crippen LogP contribution in [0.5, 0.6) is 5.75 Å². The Morgan fingerprint density at radius 3 is 2.26 bits per heavy atom. The van der Waals surface area contributed by atoms with Crippen LogP contribution in [0.1, 0.15) is 43.0 Å². The smallest absolute Gasteiger partial charge is 0.251 e. The molecule has 0 bridgehead atoms. The van der Waals surface area contributed by atoms with E-state index in [1.165, 1.54) is 19.3 Å². The molecule has 2 aromatic carbocycles. The molecule has 0 unspecified atom stereocenters. The number of rotatable bonds is 14. The third-order valence-corrected chi connectivity index (χ3v) is 4.60. The number of carbonyl (C=O) groups excluding carboxylic acids is 2. The second-order valence-electron chi connectivity index (χ2n) is 7.16. The molecule has 7 nitrogen and oxygen atoms in total. The van der Waals surface area contributed by atoms with Gasteiger partial charge in [-0.2, -0.15) is 0 Å². The third kappa shape index (κ3) is 9.53. The van der Waals surface area contributed by atoms with Crippen molar-refractivity contribution >= 4 is 23.2 Å². The molecule has 0 spiro atoms. The predicted octanol–water partition coefficient (Wildman–Crippen LogP) is 4.07. The van der Waals surface area contributed by atoms with Crippen LogP contribution < -0.4 is 20.7 Å². The first-order valence-corrected chi connectivity index (χ1v) is 10.8. The van der Waals surface area contributed by atoms with Crippen molar-refractivity contribution in [1.29, 1.82) is 0 Å². The van der Waals surface area contributed by atoms with Gasteiger partial charge in [-0.1, -0.05) is 26.2 Å². The van der Waals surface area contributed by atoms with E-state index in [4.69, 9.17) is 9.47 Å². The van der Waals surface area contributed by atoms with E-state index in [0.717, 1.165) is 17.9 Å². The van der Waals surface area contributed by atoms with Crippen molar-refractivity contribution in [1.82, 2.24) is 5.32 Å². The monoisotopic (exact) mass is 427 g/mol. The zero-order valence-corrected chi connectivity index (χ0v) is 18.4. The van der Waals surface area contributed by atoms with Gasteiger partial charge in [0.1, 0.15) is 5.75 Å². The third-order valence-electron chi connectivity index (χ3n) is 4.60. The molecular weight excluding hydrogens is 394 g/mol. The molecule has 0 saturated heterocycles. The molecule has 3 N–H and O–H groups in total. The van der Waals surface area contributed by atoms with Crippen LogP contribution in [-0.4, -0.2) is 45.2 Å². The normalized spacial score (nSPS) is 10.4. The number of anilines is 2. The molecule has 0 saturated carbocycles. The Balaban J connectivity index is 1.71. The van der Waals surface area contributed by atoms with Crippen molar-refractivity contribution < 1.29 is 19.1 Å². The summed E-state index contributed by atoms with van der Waals surface area (Å²) in [7, 11) is 1.59. The van der Waals surface area contributed by atoms with Gasteiger partial charge in [0.25, 0.3) is 5.91 Å². The molecule has 0 aliphatic heterocycles. The zero-order chi connectivity index (χ0) is 22.3. The van der Waals surface area contributed by atoms with Gasteiger partial charge in [-0.3, -0.25) is 9.59 Å². The molecule has 0 aliphatic rings. The van der Waals surface area contributed by atoms with E-state index >= 15 is 0 Å². The number of unbranched alkanes of at least 4 members (excludes halogenated alkanes) is 3. The number of nitrogens with one attached hydrogen (secondary N) is 3. The van der Waals surface area contributed by atoms with E-state index in [1.807, 2.05) is 24.3 Å². The number of amides is 2. The van der Waals surface area contributed by atoms with Gasteiger partial charge in [0.2, 0.25) is 5.91 Å². The molecule has 2 amide bonds. The van der Waals surface area contributed by atoms with Crippen LogP contribution >= 0.6 is 0 Å². The Bertz CT molecular complexity index is 791. The lowest BCUT2D eigenvalue weighted by molar-refractivity contribution is -0.114. The summed E-state index contributed by atoms with van der Waals surface area (Å²) in [6.07, 6.45) is 4.68. The first-order chi connectivity index (χ1) is 15.1. The number of hydrogen-bond donors (Lipinski definition) is 3. The summed E-state index contributed by atoms with van der Waals surface area (Å²) in [6, 6.07) is 14.3. The summed E-state index contributed by atoms with van der Waals surface area (Å²) >= 11 is 0. The molecule has 2 aromatic rings. The van der Waals surface area contributed by atoms with Gasteiger partial charge in [0, 0.05) is 30.6 Å². The Morgan fingerprint density at radius 2 is 1.58 bits per heavy atom. The molecule has 0 radical (unpaired) electrons. The van der Waals surface area contributed by atoms with E-state index in [2.05, 4.69) is 22.9 Å². The first-order valence-electron chi connectivity index (χ1n) is 10.8. The Kier molecular flexibility index (Phi) is 11.0. The summed E-state index contributed by atoms with van der Waals surface area (Å²) in [4.78, 5) is 24.1. The Hall–Kier alpha value is -3.06. The topological polar surface area (TPSA) is 88.7 Å². The lowest BCUT2D eigenvalue weighted by Gasteiger charge is -2.10. The van der Waals surface area contributed by atoms with Gasteiger partial charge < -0.3 is 25.4 Å². The van der Waals surface area contributed by atoms with Crippen LogP contribution in [0.3, 0.4) is 0 Å². The molecule has 7 heteroatoms. The Labute approximate surface area is 184 Å². The summed E-state index contributed by atoms with van der Waals surface area (Å²) < 4.78 is 10.6. The maximum Gasteiger partial charge on any atom is 0.251 e. The fourth-order valence-electron chi connectivity index (χ4n) is 2.85. The van der Waals surface area contributed by atoms with Gasteiger partial charge in [-0.15, -0.1) is 0 Å². The minimum atomic E-state index is -0.158. The minimum absolute atomic E-state index is 0.120. The van der Waals surface area contributed by atoms with Crippen molar-refractivity contribution in [3.05, 3.63) is 54.1 Å². The van der Waals surface area contributed by atoms with Crippen LogP contribution in [0.25, 0.3) is 0 Å². The van der Waals surface area contributed by atoms with Crippen LogP contribution in [0.2, 0.25) is 0 Å². The average molecular weight is 428 g/mol. The van der Waals surface area contributed by atoms with Gasteiger partial charge in [-0.05, 0) is 55.0 Å². The van der Waals surface area contributed by atoms with E-state index < -0.39 is 0 Å². The van der Waals surface area contributed by atoms with Crippen molar-refractivity contribution in [3.63, 3.8) is 0 Å². The van der Waals surface area contributed by atoms with Crippen molar-refractivity contribution in [3.8, 4) is 5.75 Å². The van der Waals surface area contributed by atoms with Gasteiger partial charge >= 0.3 is 0 Å². The van der Waals surface area contributed by atoms with Gasteiger partial charge in [0.05, 0.1) is 19.8 Å². The maximum atomic E-state index is 12.2. The van der Waals surface area contributed by atoms with Crippen LogP contribution in [0.4, 0.5) is 11.4 Å². The molecule has 31 heavy (non-hydrogen) atoms. The minimum Gasteiger partial charge on any atom is -0.494 e. The van der Waals surface area contributed by atoms with E-state index in [9.17, 15) is 9.59 Å². The zero-order valence-electron chi connectivity index (χ0n) is 18.4. The summed E-state index contributed by atoms with van der Waals surface area (Å²) in [5.41, 5.74) is 2.03. The molecule has 0 fully saturated rings. The van der Waals surface area contributed by atoms with Crippen LogP contribution in [-0.2, 0) is 9.53 Å². The number of benzene rings is 2. The highest BCUT2D eigenvalue weighted by molar-refractivity contribution is 5.95. The highest BCUT2D eigenvalue weighted by atomic mass is 16.5. The van der Waals surface area contributed by atoms with Crippen molar-refractivity contribution in [2.24, 2.45) is 0 Å². The average Bonchev–Trinajstić information content (AvgIpc) is 2.79. The fourth-order valence-corrected chi connectivity index (χ4v) is 2.85. The lowest BCUT2D eigenvalue weighted by Crippen LogP contribution is -2.26. The largest absolute Gasteiger partial charge is 0.494 e. The van der Waals surface area contributed by atoms with E-state index in [1.54, 1.807) is 31.4 Å². The quantitative estimate of drug-likeness (QED) is 0.396. The number of methoxy groups -OCH3 is 1. The summed E-state index contributed by atoms with van der Waals surface area (Å²) in [5.74, 6) is 0.489. The summed E-state index contributed by atoms with van der Waals surface area (Å²) in [6.45, 7) is 3.95. The number of carbonyl (C=O) groups is 2. The molecular formula is C24H33N3O4. The molecule has 168 valence electrons. The van der Waals surface area contributed by atoms with Gasteiger partial charge in [-0.25, -0.2) is 0 Å². The Morgan fingerprint density at radius 1 is 0.871 bits per heavy atom. The van der Waals surface area contributed by atoms with Crippen molar-refractivity contribution in [2.75, 3.05) is 44.0 Å². The number of ether oxygens (including phenoxy) is 2. The molecule has 0 atom stereocenters. The lowest BCUT2D eigenvalue weighted by atomic mass is 10.2. The maximum absolute atomic E-state index is 12.2. The molecule has 0 aliphatic carbocycles. The van der Waals surface area contributed by atoms with E-state index in [-0.39, 0.29) is 18.4 Å². The molecule has 0 aromatic heterocycles. The van der Waals surface area contributed by atoms with Crippen molar-refractivity contribution in [2.45, 2.75) is 32.6 Å². The van der Waals surface area contributed by atoms with Crippen LogP contribution in [0.15, 0.2) is 48.5 Å². The first kappa shape index (κ1) is 24.2. The van der Waals surface area contributed by atoms with Crippen LogP contribution in [0, 0.1) is 0 Å². The molecule has 0 heterocycles. The second kappa shape index (κ2) is 14.0. The fraction of sp³-hybridized carbons (Fsp3) is 0.417. The predicted molar refractivity (Wildman–Crippen MR) is 124 cm³/mol. The van der Waals surface area contributed by atoms with Gasteiger partial charge in [0.15, 0.2) is 0 Å².